The van der Waals surface area contributed by atoms with Crippen LogP contribution in [-0.2, 0) is 9.53 Å². The van der Waals surface area contributed by atoms with E-state index >= 15 is 0 Å². The Bertz CT molecular complexity index is 471. The minimum Gasteiger partial charge on any atom is -0.479 e. The Kier molecular flexibility index (Phi) is 5.26. The number of hydrogen-bond acceptors (Lipinski definition) is 4. The van der Waals surface area contributed by atoms with Gasteiger partial charge in [0.05, 0.1) is 17.2 Å². The molecular formula is C11H9BrClNO3. The Labute approximate surface area is 112 Å². The summed E-state index contributed by atoms with van der Waals surface area (Å²) in [5.74, 6) is -0.319. The van der Waals surface area contributed by atoms with Gasteiger partial charge in [-0.2, -0.15) is 5.26 Å². The summed E-state index contributed by atoms with van der Waals surface area (Å²) in [7, 11) is 0. The highest BCUT2D eigenvalue weighted by molar-refractivity contribution is 9.10. The van der Waals surface area contributed by atoms with Crippen molar-refractivity contribution in [2.45, 2.75) is 6.92 Å². The van der Waals surface area contributed by atoms with Crippen molar-refractivity contribution in [1.82, 2.24) is 0 Å². The minimum absolute atomic E-state index is 0.186. The van der Waals surface area contributed by atoms with Crippen LogP contribution < -0.4 is 4.74 Å². The van der Waals surface area contributed by atoms with E-state index in [1.165, 1.54) is 0 Å². The van der Waals surface area contributed by atoms with Gasteiger partial charge in [0.25, 0.3) is 0 Å². The van der Waals surface area contributed by atoms with Crippen LogP contribution in [0.5, 0.6) is 5.75 Å². The van der Waals surface area contributed by atoms with Crippen LogP contribution in [0, 0.1) is 11.3 Å². The number of hydrogen-bond donors (Lipinski definition) is 0. The van der Waals surface area contributed by atoms with E-state index in [2.05, 4.69) is 15.9 Å². The topological polar surface area (TPSA) is 59.3 Å². The van der Waals surface area contributed by atoms with Crippen molar-refractivity contribution >= 4 is 33.5 Å². The molecule has 0 radical (unpaired) electrons. The molecule has 1 aromatic carbocycles. The van der Waals surface area contributed by atoms with Crippen molar-refractivity contribution in [2.75, 3.05) is 13.2 Å². The number of nitrogens with zero attached hydrogens (tertiary/aromatic N) is 1. The zero-order valence-corrected chi connectivity index (χ0v) is 11.3. The smallest absolute Gasteiger partial charge is 0.344 e. The van der Waals surface area contributed by atoms with Crippen LogP contribution in [0.4, 0.5) is 0 Å². The minimum atomic E-state index is -0.504. The second-order valence-corrected chi connectivity index (χ2v) is 4.29. The van der Waals surface area contributed by atoms with Gasteiger partial charge in [-0.15, -0.1) is 0 Å². The Morgan fingerprint density at radius 1 is 1.59 bits per heavy atom. The molecule has 0 aromatic heterocycles. The third-order valence-corrected chi connectivity index (χ3v) is 2.51. The van der Waals surface area contributed by atoms with Gasteiger partial charge in [0.2, 0.25) is 0 Å². The normalized spacial score (nSPS) is 9.53. The van der Waals surface area contributed by atoms with Crippen molar-refractivity contribution in [1.29, 1.82) is 5.26 Å². The van der Waals surface area contributed by atoms with Gasteiger partial charge >= 0.3 is 5.97 Å². The molecule has 0 bridgehead atoms. The van der Waals surface area contributed by atoms with Gasteiger partial charge in [-0.25, -0.2) is 4.79 Å². The molecule has 0 atom stereocenters. The fraction of sp³-hybridized carbons (Fsp3) is 0.273. The molecule has 4 nitrogen and oxygen atoms in total. The summed E-state index contributed by atoms with van der Waals surface area (Å²) < 4.78 is 10.5. The van der Waals surface area contributed by atoms with Gasteiger partial charge in [-0.1, -0.05) is 27.5 Å². The van der Waals surface area contributed by atoms with Crippen LogP contribution in [0.15, 0.2) is 16.6 Å². The lowest BCUT2D eigenvalue weighted by atomic mass is 10.2. The van der Waals surface area contributed by atoms with Gasteiger partial charge in [0.1, 0.15) is 6.07 Å². The molecule has 17 heavy (non-hydrogen) atoms. The molecule has 0 spiro atoms. The first-order valence-electron chi connectivity index (χ1n) is 4.76. The predicted molar refractivity (Wildman–Crippen MR) is 66.0 cm³/mol. The van der Waals surface area contributed by atoms with E-state index in [0.717, 1.165) is 0 Å². The van der Waals surface area contributed by atoms with Crippen molar-refractivity contribution in [2.24, 2.45) is 0 Å². The molecule has 0 heterocycles. The summed E-state index contributed by atoms with van der Waals surface area (Å²) >= 11 is 9.13. The average molecular weight is 319 g/mol. The number of carbonyl (C=O) groups is 1. The molecule has 0 fully saturated rings. The third kappa shape index (κ3) is 3.91. The third-order valence-electron chi connectivity index (χ3n) is 1.77. The van der Waals surface area contributed by atoms with Gasteiger partial charge < -0.3 is 9.47 Å². The molecule has 0 saturated heterocycles. The lowest BCUT2D eigenvalue weighted by molar-refractivity contribution is -0.145. The molecule has 1 aromatic rings. The van der Waals surface area contributed by atoms with Crippen LogP contribution in [0.25, 0.3) is 0 Å². The van der Waals surface area contributed by atoms with E-state index in [0.29, 0.717) is 4.47 Å². The number of esters is 1. The van der Waals surface area contributed by atoms with Crippen LogP contribution >= 0.6 is 27.5 Å². The lowest BCUT2D eigenvalue weighted by Gasteiger charge is -2.09. The van der Waals surface area contributed by atoms with E-state index in [9.17, 15) is 4.79 Å². The molecule has 0 saturated carbocycles. The number of rotatable bonds is 4. The van der Waals surface area contributed by atoms with Crippen molar-refractivity contribution < 1.29 is 14.3 Å². The molecule has 0 N–H and O–H groups in total. The van der Waals surface area contributed by atoms with E-state index in [1.807, 2.05) is 6.07 Å². The molecule has 0 aliphatic heterocycles. The van der Waals surface area contributed by atoms with E-state index in [1.54, 1.807) is 19.1 Å². The Morgan fingerprint density at radius 2 is 2.29 bits per heavy atom. The highest BCUT2D eigenvalue weighted by Gasteiger charge is 2.12. The summed E-state index contributed by atoms with van der Waals surface area (Å²) in [6.07, 6.45) is 0. The van der Waals surface area contributed by atoms with E-state index in [-0.39, 0.29) is 29.5 Å². The average Bonchev–Trinajstić information content (AvgIpc) is 2.27. The molecule has 1 rings (SSSR count). The highest BCUT2D eigenvalue weighted by atomic mass is 79.9. The molecule has 90 valence electrons. The van der Waals surface area contributed by atoms with Crippen LogP contribution in [0.3, 0.4) is 0 Å². The zero-order valence-electron chi connectivity index (χ0n) is 9.00. The molecule has 0 amide bonds. The van der Waals surface area contributed by atoms with Crippen molar-refractivity contribution in [3.63, 3.8) is 0 Å². The highest BCUT2D eigenvalue weighted by Crippen LogP contribution is 2.32. The molecule has 0 unspecified atom stereocenters. The summed E-state index contributed by atoms with van der Waals surface area (Å²) in [5, 5.41) is 9.17. The first-order valence-corrected chi connectivity index (χ1v) is 5.93. The SMILES string of the molecule is CCOC(=O)COc1c(Cl)cc(Br)cc1C#N. The summed E-state index contributed by atoms with van der Waals surface area (Å²) in [6.45, 7) is 1.70. The maximum absolute atomic E-state index is 11.1. The number of halogens is 2. The van der Waals surface area contributed by atoms with Crippen molar-refractivity contribution in [3.8, 4) is 11.8 Å². The fourth-order valence-corrected chi connectivity index (χ4v) is 1.99. The largest absolute Gasteiger partial charge is 0.479 e. The maximum atomic E-state index is 11.1. The Hall–Kier alpha value is -1.25. The summed E-state index contributed by atoms with van der Waals surface area (Å²) in [6, 6.07) is 5.09. The van der Waals surface area contributed by atoms with Gasteiger partial charge in [0.15, 0.2) is 12.4 Å². The fourth-order valence-electron chi connectivity index (χ4n) is 1.12. The van der Waals surface area contributed by atoms with E-state index < -0.39 is 5.97 Å². The lowest BCUT2D eigenvalue weighted by Crippen LogP contribution is -2.15. The monoisotopic (exact) mass is 317 g/mol. The number of nitriles is 1. The van der Waals surface area contributed by atoms with Gasteiger partial charge in [-0.05, 0) is 19.1 Å². The Morgan fingerprint density at radius 3 is 2.88 bits per heavy atom. The van der Waals surface area contributed by atoms with E-state index in [4.69, 9.17) is 26.3 Å². The molecule has 6 heteroatoms. The second-order valence-electron chi connectivity index (χ2n) is 2.97. The van der Waals surface area contributed by atoms with Crippen LogP contribution in [0.1, 0.15) is 12.5 Å². The molecular weight excluding hydrogens is 309 g/mol. The zero-order chi connectivity index (χ0) is 12.8. The molecule has 0 aliphatic carbocycles. The Balaban J connectivity index is 2.84. The number of benzene rings is 1. The van der Waals surface area contributed by atoms with Crippen molar-refractivity contribution in [3.05, 3.63) is 27.2 Å². The van der Waals surface area contributed by atoms with Gasteiger partial charge in [0, 0.05) is 4.47 Å². The number of ether oxygens (including phenoxy) is 2. The number of carbonyl (C=O) groups excluding carboxylic acids is 1. The summed E-state index contributed by atoms with van der Waals surface area (Å²) in [5.41, 5.74) is 0.258. The summed E-state index contributed by atoms with van der Waals surface area (Å²) in [4.78, 5) is 11.1. The predicted octanol–water partition coefficient (Wildman–Crippen LogP) is 2.92. The quantitative estimate of drug-likeness (QED) is 0.801. The second kappa shape index (κ2) is 6.48. The van der Waals surface area contributed by atoms with Crippen LogP contribution in [0.2, 0.25) is 5.02 Å². The first-order chi connectivity index (χ1) is 8.08. The van der Waals surface area contributed by atoms with Gasteiger partial charge in [-0.3, -0.25) is 0 Å². The standard InChI is InChI=1S/C11H9BrClNO3/c1-2-16-10(15)6-17-11-7(5-14)3-8(12)4-9(11)13/h3-4H,2,6H2,1H3. The van der Waals surface area contributed by atoms with Crippen LogP contribution in [-0.4, -0.2) is 19.2 Å². The maximum Gasteiger partial charge on any atom is 0.344 e. The molecule has 0 aliphatic rings. The first kappa shape index (κ1) is 13.8.